The largest absolute Gasteiger partial charge is 0.493 e. The number of hydrogen-bond donors (Lipinski definition) is 1. The molecule has 5 heteroatoms. The molecule has 5 nitrogen and oxygen atoms in total. The van der Waals surface area contributed by atoms with Gasteiger partial charge in [-0.3, -0.25) is 9.59 Å². The number of aromatic nitrogens is 2. The van der Waals surface area contributed by atoms with Crippen LogP contribution >= 0.6 is 0 Å². The second kappa shape index (κ2) is 5.13. The zero-order valence-corrected chi connectivity index (χ0v) is 11.0. The van der Waals surface area contributed by atoms with Gasteiger partial charge in [-0.2, -0.15) is 0 Å². The van der Waals surface area contributed by atoms with Gasteiger partial charge >= 0.3 is 0 Å². The zero-order valence-electron chi connectivity index (χ0n) is 11.0. The van der Waals surface area contributed by atoms with E-state index in [-0.39, 0.29) is 11.4 Å². The fraction of sp³-hybridized carbons (Fsp3) is 0. The Balaban J connectivity index is 2.39. The third-order valence-corrected chi connectivity index (χ3v) is 3.18. The van der Waals surface area contributed by atoms with E-state index < -0.39 is 5.56 Å². The molecule has 3 aromatic rings. The first-order chi connectivity index (χ1) is 10.2. The van der Waals surface area contributed by atoms with Crippen LogP contribution in [-0.4, -0.2) is 20.8 Å². The molecule has 1 N–H and O–H groups in total. The molecule has 0 fully saturated rings. The molecule has 1 heterocycles. The van der Waals surface area contributed by atoms with Crippen molar-refractivity contribution in [3.63, 3.8) is 0 Å². The molecule has 0 aliphatic heterocycles. The summed E-state index contributed by atoms with van der Waals surface area (Å²) in [6, 6.07) is 17.7. The highest BCUT2D eigenvalue weighted by Crippen LogP contribution is 2.21. The Kier molecular flexibility index (Phi) is 3.16. The van der Waals surface area contributed by atoms with E-state index in [1.807, 2.05) is 12.1 Å². The van der Waals surface area contributed by atoms with Gasteiger partial charge in [-0.05, 0) is 24.3 Å². The average Bonchev–Trinajstić information content (AvgIpc) is 2.79. The maximum atomic E-state index is 12.4. The normalized spacial score (nSPS) is 10.5. The minimum Gasteiger partial charge on any atom is -0.493 e. The molecule has 0 atom stereocenters. The lowest BCUT2D eigenvalue weighted by atomic mass is 10.3. The van der Waals surface area contributed by atoms with Gasteiger partial charge in [0.2, 0.25) is 5.88 Å². The number of rotatable bonds is 3. The van der Waals surface area contributed by atoms with Crippen molar-refractivity contribution in [1.29, 1.82) is 0 Å². The highest BCUT2D eigenvalue weighted by atomic mass is 16.3. The van der Waals surface area contributed by atoms with Crippen LogP contribution in [0.2, 0.25) is 0 Å². The number of nitrogens with zero attached hydrogens (tertiary/aromatic N) is 2. The number of carbonyl (C=O) groups excluding carboxylic acids is 1. The van der Waals surface area contributed by atoms with E-state index in [4.69, 9.17) is 0 Å². The molecule has 0 aliphatic rings. The summed E-state index contributed by atoms with van der Waals surface area (Å²) in [5.41, 5.74) is 0.332. The highest BCUT2D eigenvalue weighted by Gasteiger charge is 2.20. The molecular formula is C16H12N2O3. The SMILES string of the molecule is O=Cc1c(O)n(-c2ccccc2)n(-c2ccccc2)c1=O. The van der Waals surface area contributed by atoms with E-state index in [1.165, 1.54) is 9.36 Å². The Morgan fingerprint density at radius 2 is 1.29 bits per heavy atom. The van der Waals surface area contributed by atoms with Gasteiger partial charge in [-0.1, -0.05) is 36.4 Å². The van der Waals surface area contributed by atoms with Crippen molar-refractivity contribution in [2.24, 2.45) is 0 Å². The topological polar surface area (TPSA) is 64.2 Å². The predicted octanol–water partition coefficient (Wildman–Crippen LogP) is 2.15. The molecule has 0 aliphatic carbocycles. The number of hydrogen-bond acceptors (Lipinski definition) is 3. The van der Waals surface area contributed by atoms with Crippen molar-refractivity contribution in [2.75, 3.05) is 0 Å². The number of aldehydes is 1. The summed E-state index contributed by atoms with van der Waals surface area (Å²) in [6.45, 7) is 0. The summed E-state index contributed by atoms with van der Waals surface area (Å²) >= 11 is 0. The molecule has 0 radical (unpaired) electrons. The summed E-state index contributed by atoms with van der Waals surface area (Å²) in [5, 5.41) is 10.2. The summed E-state index contributed by atoms with van der Waals surface area (Å²) in [5.74, 6) is -0.370. The lowest BCUT2D eigenvalue weighted by Crippen LogP contribution is -2.21. The van der Waals surface area contributed by atoms with Gasteiger partial charge in [-0.15, -0.1) is 0 Å². The average molecular weight is 280 g/mol. The number of aromatic hydroxyl groups is 1. The van der Waals surface area contributed by atoms with Crippen molar-refractivity contribution >= 4 is 6.29 Å². The molecule has 0 unspecified atom stereocenters. The second-order valence-corrected chi connectivity index (χ2v) is 4.45. The van der Waals surface area contributed by atoms with Crippen LogP contribution in [0.15, 0.2) is 65.5 Å². The Morgan fingerprint density at radius 1 is 0.810 bits per heavy atom. The van der Waals surface area contributed by atoms with Crippen LogP contribution in [-0.2, 0) is 0 Å². The first kappa shape index (κ1) is 12.9. The van der Waals surface area contributed by atoms with Gasteiger partial charge < -0.3 is 5.11 Å². The van der Waals surface area contributed by atoms with Crippen LogP contribution < -0.4 is 5.56 Å². The molecule has 3 rings (SSSR count). The Morgan fingerprint density at radius 3 is 1.76 bits per heavy atom. The molecule has 104 valence electrons. The summed E-state index contributed by atoms with van der Waals surface area (Å²) in [4.78, 5) is 23.5. The van der Waals surface area contributed by atoms with Crippen molar-refractivity contribution < 1.29 is 9.90 Å². The zero-order chi connectivity index (χ0) is 14.8. The van der Waals surface area contributed by atoms with E-state index in [0.717, 1.165) is 0 Å². The third-order valence-electron chi connectivity index (χ3n) is 3.18. The van der Waals surface area contributed by atoms with Gasteiger partial charge in [0, 0.05) is 0 Å². The van der Waals surface area contributed by atoms with Gasteiger partial charge in [0.1, 0.15) is 5.56 Å². The first-order valence-corrected chi connectivity index (χ1v) is 6.37. The summed E-state index contributed by atoms with van der Waals surface area (Å²) in [6.07, 6.45) is 0.372. The highest BCUT2D eigenvalue weighted by molar-refractivity contribution is 5.78. The van der Waals surface area contributed by atoms with Crippen LogP contribution in [0.25, 0.3) is 11.4 Å². The molecule has 0 bridgehead atoms. The minimum atomic E-state index is -0.558. The van der Waals surface area contributed by atoms with Gasteiger partial charge in [-0.25, -0.2) is 9.36 Å². The van der Waals surface area contributed by atoms with E-state index >= 15 is 0 Å². The lowest BCUT2D eigenvalue weighted by Gasteiger charge is -2.12. The number of carbonyl (C=O) groups is 1. The molecule has 21 heavy (non-hydrogen) atoms. The smallest absolute Gasteiger partial charge is 0.286 e. The standard InChI is InChI=1S/C16H12N2O3/c19-11-14-15(20)17(12-7-3-1-4-8-12)18(16(14)21)13-9-5-2-6-10-13/h1-11,20H. The molecular weight excluding hydrogens is 268 g/mol. The van der Waals surface area contributed by atoms with Crippen molar-refractivity contribution in [3.05, 3.63) is 76.6 Å². The van der Waals surface area contributed by atoms with Crippen molar-refractivity contribution in [2.45, 2.75) is 0 Å². The maximum Gasteiger partial charge on any atom is 0.286 e. The second-order valence-electron chi connectivity index (χ2n) is 4.45. The van der Waals surface area contributed by atoms with Crippen LogP contribution in [0.3, 0.4) is 0 Å². The summed E-state index contributed by atoms with van der Waals surface area (Å²) < 4.78 is 2.59. The first-order valence-electron chi connectivity index (χ1n) is 6.37. The number of benzene rings is 2. The van der Waals surface area contributed by atoms with Crippen molar-refractivity contribution in [3.8, 4) is 17.3 Å². The van der Waals surface area contributed by atoms with E-state index in [2.05, 4.69) is 0 Å². The monoisotopic (exact) mass is 280 g/mol. The van der Waals surface area contributed by atoms with E-state index in [0.29, 0.717) is 17.7 Å². The van der Waals surface area contributed by atoms with Gasteiger partial charge in [0.05, 0.1) is 11.4 Å². The fourth-order valence-corrected chi connectivity index (χ4v) is 2.22. The molecule has 0 saturated carbocycles. The molecule has 0 saturated heterocycles. The van der Waals surface area contributed by atoms with Crippen LogP contribution in [0, 0.1) is 0 Å². The van der Waals surface area contributed by atoms with Crippen LogP contribution in [0.5, 0.6) is 5.88 Å². The lowest BCUT2D eigenvalue weighted by molar-refractivity contribution is 0.112. The van der Waals surface area contributed by atoms with E-state index in [1.54, 1.807) is 48.5 Å². The maximum absolute atomic E-state index is 12.4. The van der Waals surface area contributed by atoms with Gasteiger partial charge in [0.15, 0.2) is 6.29 Å². The Labute approximate surface area is 120 Å². The molecule has 1 aromatic heterocycles. The van der Waals surface area contributed by atoms with Gasteiger partial charge in [0.25, 0.3) is 5.56 Å². The molecule has 2 aromatic carbocycles. The Hall–Kier alpha value is -3.08. The minimum absolute atomic E-state index is 0.261. The molecule has 0 spiro atoms. The quantitative estimate of drug-likeness (QED) is 0.748. The van der Waals surface area contributed by atoms with Crippen LogP contribution in [0.4, 0.5) is 0 Å². The summed E-state index contributed by atoms with van der Waals surface area (Å²) in [7, 11) is 0. The molecule has 0 amide bonds. The Bertz CT molecular complexity index is 833. The third kappa shape index (κ3) is 2.04. The van der Waals surface area contributed by atoms with Crippen molar-refractivity contribution in [1.82, 2.24) is 9.36 Å². The predicted molar refractivity (Wildman–Crippen MR) is 78.4 cm³/mol. The fourth-order valence-electron chi connectivity index (χ4n) is 2.22. The van der Waals surface area contributed by atoms with E-state index in [9.17, 15) is 14.7 Å². The number of para-hydroxylation sites is 2. The van der Waals surface area contributed by atoms with Crippen LogP contribution in [0.1, 0.15) is 10.4 Å².